The van der Waals surface area contributed by atoms with Crippen LogP contribution in [0.15, 0.2) is 28.7 Å². The summed E-state index contributed by atoms with van der Waals surface area (Å²) in [6, 6.07) is 3.13. The molecular formula is C13H10BrF4NS. The van der Waals surface area contributed by atoms with Gasteiger partial charge < -0.3 is 5.73 Å². The molecule has 20 heavy (non-hydrogen) atoms. The topological polar surface area (TPSA) is 26.0 Å². The molecule has 1 heterocycles. The van der Waals surface area contributed by atoms with E-state index in [1.807, 2.05) is 6.92 Å². The predicted octanol–water partition coefficient (Wildman–Crippen LogP) is 5.03. The molecule has 0 bridgehead atoms. The third-order valence-electron chi connectivity index (χ3n) is 2.78. The quantitative estimate of drug-likeness (QED) is 0.740. The summed E-state index contributed by atoms with van der Waals surface area (Å²) in [6.45, 7) is 1.84. The van der Waals surface area contributed by atoms with E-state index in [1.165, 1.54) is 11.3 Å². The zero-order valence-electron chi connectivity index (χ0n) is 10.3. The van der Waals surface area contributed by atoms with Crippen molar-refractivity contribution in [3.05, 3.63) is 55.4 Å². The molecule has 1 unspecified atom stereocenters. The maximum atomic E-state index is 13.8. The lowest BCUT2D eigenvalue weighted by Gasteiger charge is -2.15. The second-order valence-electron chi connectivity index (χ2n) is 4.28. The van der Waals surface area contributed by atoms with Crippen molar-refractivity contribution >= 4 is 27.3 Å². The average Bonchev–Trinajstić information content (AvgIpc) is 2.66. The van der Waals surface area contributed by atoms with Crippen LogP contribution in [0.25, 0.3) is 0 Å². The van der Waals surface area contributed by atoms with Crippen molar-refractivity contribution in [2.45, 2.75) is 19.1 Å². The summed E-state index contributed by atoms with van der Waals surface area (Å²) in [5.41, 5.74) is 4.84. The minimum absolute atomic E-state index is 0.164. The van der Waals surface area contributed by atoms with E-state index in [0.29, 0.717) is 15.4 Å². The highest BCUT2D eigenvalue weighted by atomic mass is 79.9. The minimum atomic E-state index is -4.52. The van der Waals surface area contributed by atoms with Crippen LogP contribution in [0, 0.1) is 12.7 Å². The Balaban J connectivity index is 2.49. The molecule has 0 aliphatic heterocycles. The number of benzene rings is 1. The summed E-state index contributed by atoms with van der Waals surface area (Å²) in [4.78, 5) is 1.54. The van der Waals surface area contributed by atoms with Crippen LogP contribution >= 0.6 is 27.3 Å². The van der Waals surface area contributed by atoms with Gasteiger partial charge in [-0.3, -0.25) is 0 Å². The van der Waals surface area contributed by atoms with Gasteiger partial charge in [0.15, 0.2) is 0 Å². The number of nitrogens with two attached hydrogens (primary N) is 1. The van der Waals surface area contributed by atoms with E-state index < -0.39 is 23.6 Å². The van der Waals surface area contributed by atoms with E-state index in [4.69, 9.17) is 5.73 Å². The monoisotopic (exact) mass is 367 g/mol. The van der Waals surface area contributed by atoms with Crippen LogP contribution < -0.4 is 5.73 Å². The van der Waals surface area contributed by atoms with Crippen molar-refractivity contribution < 1.29 is 17.6 Å². The van der Waals surface area contributed by atoms with Gasteiger partial charge in [0, 0.05) is 19.8 Å². The van der Waals surface area contributed by atoms with Crippen LogP contribution in [0.3, 0.4) is 0 Å². The van der Waals surface area contributed by atoms with Crippen LogP contribution in [0.1, 0.15) is 26.9 Å². The number of alkyl halides is 3. The number of rotatable bonds is 2. The largest absolute Gasteiger partial charge is 0.416 e. The van der Waals surface area contributed by atoms with Gasteiger partial charge in [0.2, 0.25) is 0 Å². The van der Waals surface area contributed by atoms with Crippen molar-refractivity contribution in [2.75, 3.05) is 0 Å². The predicted molar refractivity (Wildman–Crippen MR) is 74.2 cm³/mol. The number of hydrogen-bond acceptors (Lipinski definition) is 2. The SMILES string of the molecule is Cc1cc(Br)c(C(N)c2cc(C(F)(F)F)ccc2F)s1. The molecule has 1 nitrogen and oxygen atoms in total. The van der Waals surface area contributed by atoms with E-state index in [1.54, 1.807) is 6.07 Å². The molecule has 0 aliphatic rings. The number of aryl methyl sites for hydroxylation is 1. The van der Waals surface area contributed by atoms with E-state index in [-0.39, 0.29) is 5.56 Å². The molecule has 0 fully saturated rings. The second kappa shape index (κ2) is 5.46. The van der Waals surface area contributed by atoms with Gasteiger partial charge in [0.1, 0.15) is 5.82 Å². The zero-order chi connectivity index (χ0) is 15.1. The molecule has 0 radical (unpaired) electrons. The summed E-state index contributed by atoms with van der Waals surface area (Å²) in [5, 5.41) is 0. The Morgan fingerprint density at radius 2 is 1.90 bits per heavy atom. The molecule has 0 aliphatic carbocycles. The Labute approximate surface area is 125 Å². The van der Waals surface area contributed by atoms with Crippen molar-refractivity contribution in [1.82, 2.24) is 0 Å². The highest BCUT2D eigenvalue weighted by Crippen LogP contribution is 2.37. The van der Waals surface area contributed by atoms with Gasteiger partial charge in [0.05, 0.1) is 11.6 Å². The smallest absolute Gasteiger partial charge is 0.319 e. The van der Waals surface area contributed by atoms with Crippen molar-refractivity contribution in [1.29, 1.82) is 0 Å². The Morgan fingerprint density at radius 3 is 2.40 bits per heavy atom. The van der Waals surface area contributed by atoms with Gasteiger partial charge in [-0.25, -0.2) is 4.39 Å². The first-order valence-corrected chi connectivity index (χ1v) is 7.19. The fourth-order valence-corrected chi connectivity index (χ4v) is 3.73. The highest BCUT2D eigenvalue weighted by molar-refractivity contribution is 9.10. The van der Waals surface area contributed by atoms with E-state index >= 15 is 0 Å². The summed E-state index contributed by atoms with van der Waals surface area (Å²) in [6.07, 6.45) is -4.52. The van der Waals surface area contributed by atoms with Gasteiger partial charge in [-0.05, 0) is 47.1 Å². The van der Waals surface area contributed by atoms with E-state index in [0.717, 1.165) is 17.0 Å². The molecule has 108 valence electrons. The molecule has 2 aromatic rings. The Morgan fingerprint density at radius 1 is 1.25 bits per heavy atom. The van der Waals surface area contributed by atoms with Gasteiger partial charge in [-0.2, -0.15) is 13.2 Å². The Hall–Kier alpha value is -0.920. The summed E-state index contributed by atoms with van der Waals surface area (Å²) in [7, 11) is 0. The molecular weight excluding hydrogens is 358 g/mol. The summed E-state index contributed by atoms with van der Waals surface area (Å²) >= 11 is 4.60. The first-order valence-electron chi connectivity index (χ1n) is 5.58. The van der Waals surface area contributed by atoms with Crippen molar-refractivity contribution in [2.24, 2.45) is 5.73 Å². The molecule has 1 aromatic heterocycles. The molecule has 7 heteroatoms. The summed E-state index contributed by atoms with van der Waals surface area (Å²) in [5.74, 6) is -0.747. The van der Waals surface area contributed by atoms with Crippen LogP contribution in [-0.2, 0) is 6.18 Å². The molecule has 2 rings (SSSR count). The minimum Gasteiger partial charge on any atom is -0.319 e. The molecule has 1 aromatic carbocycles. The van der Waals surface area contributed by atoms with Gasteiger partial charge in [-0.15, -0.1) is 11.3 Å². The lowest BCUT2D eigenvalue weighted by molar-refractivity contribution is -0.137. The zero-order valence-corrected chi connectivity index (χ0v) is 12.7. The van der Waals surface area contributed by atoms with Crippen LogP contribution in [0.4, 0.5) is 17.6 Å². The highest BCUT2D eigenvalue weighted by Gasteiger charge is 2.32. The first kappa shape index (κ1) is 15.5. The third-order valence-corrected chi connectivity index (χ3v) is 4.83. The lowest BCUT2D eigenvalue weighted by atomic mass is 10.0. The molecule has 0 amide bonds. The Kier molecular flexibility index (Phi) is 4.22. The number of halogens is 5. The molecule has 1 atom stereocenters. The van der Waals surface area contributed by atoms with Crippen molar-refractivity contribution in [3.8, 4) is 0 Å². The first-order chi connectivity index (χ1) is 9.20. The Bertz CT molecular complexity index is 636. The molecule has 0 spiro atoms. The molecule has 0 saturated carbocycles. The van der Waals surface area contributed by atoms with Crippen LogP contribution in [0.2, 0.25) is 0 Å². The van der Waals surface area contributed by atoms with Gasteiger partial charge in [-0.1, -0.05) is 0 Å². The lowest BCUT2D eigenvalue weighted by Crippen LogP contribution is -2.15. The van der Waals surface area contributed by atoms with Crippen LogP contribution in [-0.4, -0.2) is 0 Å². The fraction of sp³-hybridized carbons (Fsp3) is 0.231. The van der Waals surface area contributed by atoms with Gasteiger partial charge in [0.25, 0.3) is 0 Å². The summed E-state index contributed by atoms with van der Waals surface area (Å²) < 4.78 is 52.5. The molecule has 2 N–H and O–H groups in total. The van der Waals surface area contributed by atoms with E-state index in [2.05, 4.69) is 15.9 Å². The molecule has 0 saturated heterocycles. The third kappa shape index (κ3) is 3.05. The number of hydrogen-bond donors (Lipinski definition) is 1. The van der Waals surface area contributed by atoms with Gasteiger partial charge >= 0.3 is 6.18 Å². The normalized spacial score (nSPS) is 13.6. The number of thiophene rings is 1. The maximum absolute atomic E-state index is 13.8. The van der Waals surface area contributed by atoms with E-state index in [9.17, 15) is 17.6 Å². The maximum Gasteiger partial charge on any atom is 0.416 e. The van der Waals surface area contributed by atoms with Crippen molar-refractivity contribution in [3.63, 3.8) is 0 Å². The van der Waals surface area contributed by atoms with Crippen LogP contribution in [0.5, 0.6) is 0 Å². The average molecular weight is 368 g/mol. The second-order valence-corrected chi connectivity index (χ2v) is 6.42. The standard InChI is InChI=1S/C13H10BrF4NS/c1-6-4-9(14)12(20-6)11(19)8-5-7(13(16,17)18)2-3-10(8)15/h2-5,11H,19H2,1H3. The fourth-order valence-electron chi connectivity index (χ4n) is 1.81.